The number of anilines is 1. The van der Waals surface area contributed by atoms with Gasteiger partial charge in [0, 0.05) is 23.3 Å². The highest BCUT2D eigenvalue weighted by Gasteiger charge is 2.22. The van der Waals surface area contributed by atoms with Gasteiger partial charge in [-0.1, -0.05) is 23.4 Å². The van der Waals surface area contributed by atoms with Crippen molar-refractivity contribution in [2.75, 3.05) is 24.8 Å². The highest BCUT2D eigenvalue weighted by atomic mass is 35.5. The number of carbonyl (C=O) groups is 2. The van der Waals surface area contributed by atoms with Crippen LogP contribution in [0.25, 0.3) is 0 Å². The summed E-state index contributed by atoms with van der Waals surface area (Å²) < 4.78 is 6.73. The predicted octanol–water partition coefficient (Wildman–Crippen LogP) is 2.98. The summed E-state index contributed by atoms with van der Waals surface area (Å²) in [6.07, 6.45) is 0. The van der Waals surface area contributed by atoms with Crippen LogP contribution in [0.15, 0.2) is 47.6 Å². The van der Waals surface area contributed by atoms with E-state index in [1.165, 1.54) is 11.8 Å². The number of halogens is 1. The topological polar surface area (TPSA) is 118 Å². The molecule has 0 aliphatic carbocycles. The summed E-state index contributed by atoms with van der Waals surface area (Å²) in [7, 11) is 3.25. The number of aliphatic hydroxyl groups is 1. The van der Waals surface area contributed by atoms with Crippen LogP contribution in [0.3, 0.4) is 0 Å². The molecule has 0 aliphatic heterocycles. The van der Waals surface area contributed by atoms with Gasteiger partial charge in [0.15, 0.2) is 11.0 Å². The lowest BCUT2D eigenvalue weighted by molar-refractivity contribution is -0.113. The fourth-order valence-electron chi connectivity index (χ4n) is 3.01. The third-order valence-electron chi connectivity index (χ3n) is 4.82. The molecule has 3 N–H and O–H groups in total. The van der Waals surface area contributed by atoms with Gasteiger partial charge in [-0.05, 0) is 55.0 Å². The van der Waals surface area contributed by atoms with Crippen molar-refractivity contribution in [2.45, 2.75) is 18.1 Å². The second-order valence-corrected chi connectivity index (χ2v) is 8.51. The van der Waals surface area contributed by atoms with Gasteiger partial charge in [0.1, 0.15) is 11.8 Å². The van der Waals surface area contributed by atoms with Crippen molar-refractivity contribution in [3.8, 4) is 5.75 Å². The summed E-state index contributed by atoms with van der Waals surface area (Å²) in [5.41, 5.74) is 1.96. The molecule has 1 atom stereocenters. The molecular formula is C22H24ClN5O4S. The molecule has 0 fully saturated rings. The van der Waals surface area contributed by atoms with Crippen LogP contribution in [-0.2, 0) is 11.8 Å². The molecule has 0 spiro atoms. The van der Waals surface area contributed by atoms with Crippen LogP contribution in [0.1, 0.15) is 27.8 Å². The summed E-state index contributed by atoms with van der Waals surface area (Å²) in [6.45, 7) is 1.49. The molecule has 0 radical (unpaired) electrons. The number of aryl methyl sites for hydroxylation is 1. The molecule has 0 bridgehead atoms. The van der Waals surface area contributed by atoms with Crippen LogP contribution in [-0.4, -0.2) is 51.2 Å². The van der Waals surface area contributed by atoms with E-state index in [0.717, 1.165) is 5.56 Å². The van der Waals surface area contributed by atoms with Gasteiger partial charge in [-0.2, -0.15) is 0 Å². The zero-order valence-electron chi connectivity index (χ0n) is 18.3. The number of rotatable bonds is 9. The Kier molecular flexibility index (Phi) is 8.32. The number of aliphatic hydroxyl groups excluding tert-OH is 1. The number of hydrogen-bond acceptors (Lipinski definition) is 7. The standard InChI is InChI=1S/C22H24ClN5O4S/c1-13-10-15(23)6-9-17(13)24-19(30)12-33-22-27-26-20(28(22)2)18(11-29)25-21(31)14-4-7-16(32-3)8-5-14/h4-10,18,29H,11-12H2,1-3H3,(H,24,30)(H,25,31)/t18-/m0/s1. The zero-order valence-corrected chi connectivity index (χ0v) is 19.9. The van der Waals surface area contributed by atoms with Gasteiger partial charge in [0.2, 0.25) is 5.91 Å². The van der Waals surface area contributed by atoms with E-state index in [0.29, 0.717) is 33.0 Å². The van der Waals surface area contributed by atoms with Gasteiger partial charge in [-0.15, -0.1) is 10.2 Å². The van der Waals surface area contributed by atoms with Crippen molar-refractivity contribution in [1.82, 2.24) is 20.1 Å². The Balaban J connectivity index is 1.61. The van der Waals surface area contributed by atoms with E-state index in [-0.39, 0.29) is 24.2 Å². The number of ether oxygens (including phenoxy) is 1. The largest absolute Gasteiger partial charge is 0.497 e. The zero-order chi connectivity index (χ0) is 24.0. The third kappa shape index (κ3) is 6.25. The second-order valence-electron chi connectivity index (χ2n) is 7.13. The maximum Gasteiger partial charge on any atom is 0.251 e. The Labute approximate surface area is 200 Å². The molecule has 0 saturated carbocycles. The molecule has 3 aromatic rings. The van der Waals surface area contributed by atoms with Crippen LogP contribution in [0.2, 0.25) is 5.02 Å². The maximum atomic E-state index is 12.6. The fraction of sp³-hybridized carbons (Fsp3) is 0.273. The number of amides is 2. The van der Waals surface area contributed by atoms with Crippen LogP contribution in [0.4, 0.5) is 5.69 Å². The van der Waals surface area contributed by atoms with E-state index in [9.17, 15) is 14.7 Å². The first kappa shape index (κ1) is 24.6. The summed E-state index contributed by atoms with van der Waals surface area (Å²) in [4.78, 5) is 24.9. The number of nitrogens with zero attached hydrogens (tertiary/aromatic N) is 3. The van der Waals surface area contributed by atoms with Gasteiger partial charge in [0.05, 0.1) is 19.5 Å². The van der Waals surface area contributed by atoms with Gasteiger partial charge >= 0.3 is 0 Å². The van der Waals surface area contributed by atoms with E-state index in [2.05, 4.69) is 20.8 Å². The molecule has 2 aromatic carbocycles. The van der Waals surface area contributed by atoms with E-state index < -0.39 is 6.04 Å². The first-order valence-corrected chi connectivity index (χ1v) is 11.3. The Bertz CT molecular complexity index is 1140. The van der Waals surface area contributed by atoms with Crippen LogP contribution < -0.4 is 15.4 Å². The van der Waals surface area contributed by atoms with E-state index in [1.54, 1.807) is 61.2 Å². The second kappa shape index (κ2) is 11.2. The quantitative estimate of drug-likeness (QED) is 0.395. The lowest BCUT2D eigenvalue weighted by atomic mass is 10.2. The minimum absolute atomic E-state index is 0.107. The summed E-state index contributed by atoms with van der Waals surface area (Å²) in [5.74, 6) is 0.537. The lowest BCUT2D eigenvalue weighted by Gasteiger charge is -2.16. The molecule has 1 aromatic heterocycles. The Morgan fingerprint density at radius 3 is 2.58 bits per heavy atom. The van der Waals surface area contributed by atoms with Crippen molar-refractivity contribution < 1.29 is 19.4 Å². The molecule has 33 heavy (non-hydrogen) atoms. The molecule has 9 nitrogen and oxygen atoms in total. The van der Waals surface area contributed by atoms with Gasteiger partial charge in [0.25, 0.3) is 5.91 Å². The summed E-state index contributed by atoms with van der Waals surface area (Å²) in [5, 5.41) is 24.7. The maximum absolute atomic E-state index is 12.6. The number of nitrogens with one attached hydrogen (secondary N) is 2. The van der Waals surface area contributed by atoms with Crippen LogP contribution in [0, 0.1) is 6.92 Å². The van der Waals surface area contributed by atoms with Gasteiger partial charge in [-0.25, -0.2) is 0 Å². The molecule has 11 heteroatoms. The number of carbonyl (C=O) groups excluding carboxylic acids is 2. The number of benzene rings is 2. The summed E-state index contributed by atoms with van der Waals surface area (Å²) >= 11 is 7.14. The van der Waals surface area contributed by atoms with Crippen LogP contribution >= 0.6 is 23.4 Å². The average molecular weight is 490 g/mol. The number of methoxy groups -OCH3 is 1. The number of thioether (sulfide) groups is 1. The first-order chi connectivity index (χ1) is 15.8. The van der Waals surface area contributed by atoms with Crippen molar-refractivity contribution >= 4 is 40.9 Å². The van der Waals surface area contributed by atoms with E-state index >= 15 is 0 Å². The molecule has 1 heterocycles. The third-order valence-corrected chi connectivity index (χ3v) is 6.07. The normalized spacial score (nSPS) is 11.7. The Morgan fingerprint density at radius 2 is 1.94 bits per heavy atom. The average Bonchev–Trinajstić information content (AvgIpc) is 3.18. The predicted molar refractivity (Wildman–Crippen MR) is 127 cm³/mol. The van der Waals surface area contributed by atoms with Crippen molar-refractivity contribution in [3.05, 3.63) is 64.4 Å². The SMILES string of the molecule is COc1ccc(C(=O)N[C@@H](CO)c2nnc(SCC(=O)Nc3ccc(Cl)cc3C)n2C)cc1. The van der Waals surface area contributed by atoms with Crippen molar-refractivity contribution in [3.63, 3.8) is 0 Å². The molecule has 0 saturated heterocycles. The molecule has 0 aliphatic rings. The Morgan fingerprint density at radius 1 is 1.21 bits per heavy atom. The van der Waals surface area contributed by atoms with Crippen molar-refractivity contribution in [1.29, 1.82) is 0 Å². The molecular weight excluding hydrogens is 466 g/mol. The van der Waals surface area contributed by atoms with Crippen molar-refractivity contribution in [2.24, 2.45) is 7.05 Å². The van der Waals surface area contributed by atoms with E-state index in [4.69, 9.17) is 16.3 Å². The number of aromatic nitrogens is 3. The van der Waals surface area contributed by atoms with Gasteiger partial charge < -0.3 is 25.0 Å². The molecule has 3 rings (SSSR count). The molecule has 0 unspecified atom stereocenters. The minimum atomic E-state index is -0.767. The highest BCUT2D eigenvalue weighted by Crippen LogP contribution is 2.22. The lowest BCUT2D eigenvalue weighted by Crippen LogP contribution is -2.32. The minimum Gasteiger partial charge on any atom is -0.497 e. The smallest absolute Gasteiger partial charge is 0.251 e. The molecule has 174 valence electrons. The monoisotopic (exact) mass is 489 g/mol. The Hall–Kier alpha value is -3.08. The first-order valence-electron chi connectivity index (χ1n) is 9.96. The number of hydrogen-bond donors (Lipinski definition) is 3. The van der Waals surface area contributed by atoms with E-state index in [1.807, 2.05) is 6.92 Å². The summed E-state index contributed by atoms with van der Waals surface area (Å²) in [6, 6.07) is 11.1. The molecule has 2 amide bonds. The van der Waals surface area contributed by atoms with Crippen LogP contribution in [0.5, 0.6) is 5.75 Å². The van der Waals surface area contributed by atoms with Gasteiger partial charge in [-0.3, -0.25) is 9.59 Å². The fourth-order valence-corrected chi connectivity index (χ4v) is 3.96. The highest BCUT2D eigenvalue weighted by molar-refractivity contribution is 7.99.